The lowest BCUT2D eigenvalue weighted by atomic mass is 10.0. The summed E-state index contributed by atoms with van der Waals surface area (Å²) in [6, 6.07) is 4.86. The van der Waals surface area contributed by atoms with Crippen LogP contribution in [0.15, 0.2) is 35.4 Å². The second-order valence-corrected chi connectivity index (χ2v) is 6.47. The zero-order valence-electron chi connectivity index (χ0n) is 12.3. The SMILES string of the molecule is O=C(Cn1ccc(C(F)(F)F)n1)NC1CCSc2ccc(F)cc21. The maximum atomic E-state index is 13.4. The molecule has 0 bridgehead atoms. The van der Waals surface area contributed by atoms with Crippen LogP contribution in [0.2, 0.25) is 0 Å². The van der Waals surface area contributed by atoms with Crippen LogP contribution >= 0.6 is 11.8 Å². The standard InChI is InChI=1S/C15H13F4N3OS/c16-9-1-2-12-10(7-9)11(4-6-24-12)20-14(23)8-22-5-3-13(21-22)15(17,18)19/h1-3,5,7,11H,4,6,8H2,(H,20,23). The fourth-order valence-electron chi connectivity index (χ4n) is 2.50. The average molecular weight is 359 g/mol. The molecule has 24 heavy (non-hydrogen) atoms. The van der Waals surface area contributed by atoms with Gasteiger partial charge in [0.2, 0.25) is 5.91 Å². The predicted molar refractivity (Wildman–Crippen MR) is 79.9 cm³/mol. The van der Waals surface area contributed by atoms with Gasteiger partial charge in [-0.25, -0.2) is 4.39 Å². The summed E-state index contributed by atoms with van der Waals surface area (Å²) in [4.78, 5) is 13.0. The minimum atomic E-state index is -4.54. The molecule has 1 amide bonds. The first-order valence-electron chi connectivity index (χ1n) is 7.15. The number of aromatic nitrogens is 2. The Kier molecular flexibility index (Phi) is 4.53. The molecule has 128 valence electrons. The number of hydrogen-bond donors (Lipinski definition) is 1. The van der Waals surface area contributed by atoms with E-state index in [9.17, 15) is 22.4 Å². The zero-order chi connectivity index (χ0) is 17.3. The second kappa shape index (κ2) is 6.46. The van der Waals surface area contributed by atoms with Gasteiger partial charge in [-0.1, -0.05) is 0 Å². The lowest BCUT2D eigenvalue weighted by molar-refractivity contribution is -0.141. The van der Waals surface area contributed by atoms with Crippen LogP contribution in [0.1, 0.15) is 23.7 Å². The molecule has 1 unspecified atom stereocenters. The van der Waals surface area contributed by atoms with Crippen LogP contribution in [0.4, 0.5) is 17.6 Å². The van der Waals surface area contributed by atoms with Crippen molar-refractivity contribution in [3.63, 3.8) is 0 Å². The first-order chi connectivity index (χ1) is 11.3. The summed E-state index contributed by atoms with van der Waals surface area (Å²) in [5, 5.41) is 6.08. The Morgan fingerprint density at radius 1 is 1.38 bits per heavy atom. The molecule has 1 atom stereocenters. The third-order valence-electron chi connectivity index (χ3n) is 3.58. The van der Waals surface area contributed by atoms with E-state index in [4.69, 9.17) is 0 Å². The van der Waals surface area contributed by atoms with Crippen molar-refractivity contribution >= 4 is 17.7 Å². The van der Waals surface area contributed by atoms with E-state index in [-0.39, 0.29) is 12.6 Å². The molecule has 3 rings (SSSR count). The van der Waals surface area contributed by atoms with E-state index < -0.39 is 23.6 Å². The van der Waals surface area contributed by atoms with Gasteiger partial charge in [-0.2, -0.15) is 18.3 Å². The van der Waals surface area contributed by atoms with Crippen molar-refractivity contribution in [3.05, 3.63) is 47.5 Å². The predicted octanol–water partition coefficient (Wildman–Crippen LogP) is 3.39. The molecular formula is C15H13F4N3OS. The minimum Gasteiger partial charge on any atom is -0.348 e. The Labute approximate surface area is 139 Å². The van der Waals surface area contributed by atoms with Crippen LogP contribution in [0.25, 0.3) is 0 Å². The van der Waals surface area contributed by atoms with Gasteiger partial charge in [-0.15, -0.1) is 11.8 Å². The molecule has 0 saturated heterocycles. The Morgan fingerprint density at radius 2 is 2.17 bits per heavy atom. The zero-order valence-corrected chi connectivity index (χ0v) is 13.1. The number of halogens is 4. The van der Waals surface area contributed by atoms with Crippen LogP contribution in [0.5, 0.6) is 0 Å². The molecule has 4 nitrogen and oxygen atoms in total. The van der Waals surface area contributed by atoms with Gasteiger partial charge in [-0.3, -0.25) is 9.48 Å². The largest absolute Gasteiger partial charge is 0.435 e. The van der Waals surface area contributed by atoms with E-state index in [1.807, 2.05) is 0 Å². The smallest absolute Gasteiger partial charge is 0.348 e. The van der Waals surface area contributed by atoms with E-state index in [0.29, 0.717) is 12.0 Å². The third-order valence-corrected chi connectivity index (χ3v) is 4.71. The fraction of sp³-hybridized carbons (Fsp3) is 0.333. The van der Waals surface area contributed by atoms with Crippen LogP contribution in [-0.4, -0.2) is 21.4 Å². The van der Waals surface area contributed by atoms with Crippen LogP contribution in [0, 0.1) is 5.82 Å². The maximum Gasteiger partial charge on any atom is 0.435 e. The number of hydrogen-bond acceptors (Lipinski definition) is 3. The summed E-state index contributed by atoms with van der Waals surface area (Å²) in [5.41, 5.74) is -0.354. The number of fused-ring (bicyclic) bond motifs is 1. The Balaban J connectivity index is 1.68. The second-order valence-electron chi connectivity index (χ2n) is 5.34. The van der Waals surface area contributed by atoms with Gasteiger partial charge in [0.15, 0.2) is 5.69 Å². The molecule has 0 radical (unpaired) electrons. The normalized spacial score (nSPS) is 17.4. The van der Waals surface area contributed by atoms with Crippen LogP contribution in [0.3, 0.4) is 0 Å². The van der Waals surface area contributed by atoms with E-state index in [1.165, 1.54) is 12.1 Å². The van der Waals surface area contributed by atoms with Gasteiger partial charge in [0, 0.05) is 16.8 Å². The number of rotatable bonds is 3. The van der Waals surface area contributed by atoms with E-state index in [1.54, 1.807) is 17.8 Å². The number of amides is 1. The first kappa shape index (κ1) is 16.8. The Morgan fingerprint density at radius 3 is 2.88 bits per heavy atom. The number of benzene rings is 1. The van der Waals surface area contributed by atoms with Crippen molar-refractivity contribution in [3.8, 4) is 0 Å². The number of nitrogens with zero attached hydrogens (tertiary/aromatic N) is 2. The third kappa shape index (κ3) is 3.72. The molecule has 1 aromatic carbocycles. The first-order valence-corrected chi connectivity index (χ1v) is 8.14. The fourth-order valence-corrected chi connectivity index (χ4v) is 3.61. The highest BCUT2D eigenvalue weighted by atomic mass is 32.2. The summed E-state index contributed by atoms with van der Waals surface area (Å²) in [7, 11) is 0. The number of carbonyl (C=O) groups is 1. The van der Waals surface area contributed by atoms with Crippen molar-refractivity contribution in [2.45, 2.75) is 30.1 Å². The van der Waals surface area contributed by atoms with E-state index in [0.717, 1.165) is 27.6 Å². The van der Waals surface area contributed by atoms with Crippen molar-refractivity contribution in [1.82, 2.24) is 15.1 Å². The number of carbonyl (C=O) groups excluding carboxylic acids is 1. The average Bonchev–Trinajstić information content (AvgIpc) is 2.96. The van der Waals surface area contributed by atoms with Crippen molar-refractivity contribution in [1.29, 1.82) is 0 Å². The lowest BCUT2D eigenvalue weighted by Gasteiger charge is -2.26. The molecule has 2 heterocycles. The number of thioether (sulfide) groups is 1. The van der Waals surface area contributed by atoms with Crippen LogP contribution < -0.4 is 5.32 Å². The topological polar surface area (TPSA) is 46.9 Å². The summed E-state index contributed by atoms with van der Waals surface area (Å²) in [6.07, 6.45) is -2.81. The van der Waals surface area contributed by atoms with Crippen molar-refractivity contribution in [2.24, 2.45) is 0 Å². The van der Waals surface area contributed by atoms with Gasteiger partial charge in [0.1, 0.15) is 12.4 Å². The molecule has 0 aliphatic carbocycles. The van der Waals surface area contributed by atoms with Gasteiger partial charge < -0.3 is 5.32 Å². The summed E-state index contributed by atoms with van der Waals surface area (Å²) in [5.74, 6) is -0.0971. The highest BCUT2D eigenvalue weighted by molar-refractivity contribution is 7.99. The van der Waals surface area contributed by atoms with Gasteiger partial charge in [-0.05, 0) is 36.2 Å². The Bertz CT molecular complexity index is 759. The molecule has 1 aromatic heterocycles. The molecular weight excluding hydrogens is 346 g/mol. The molecule has 0 saturated carbocycles. The maximum absolute atomic E-state index is 13.4. The molecule has 0 spiro atoms. The van der Waals surface area contributed by atoms with E-state index in [2.05, 4.69) is 10.4 Å². The van der Waals surface area contributed by atoms with Gasteiger partial charge >= 0.3 is 6.18 Å². The summed E-state index contributed by atoms with van der Waals surface area (Å²) < 4.78 is 51.9. The van der Waals surface area contributed by atoms with Crippen molar-refractivity contribution in [2.75, 3.05) is 5.75 Å². The molecule has 2 aromatic rings. The van der Waals surface area contributed by atoms with Gasteiger partial charge in [0.05, 0.1) is 6.04 Å². The monoisotopic (exact) mass is 359 g/mol. The van der Waals surface area contributed by atoms with Crippen LogP contribution in [-0.2, 0) is 17.5 Å². The minimum absolute atomic E-state index is 0.329. The highest BCUT2D eigenvalue weighted by Crippen LogP contribution is 2.36. The number of nitrogens with one attached hydrogen (secondary N) is 1. The molecule has 1 aliphatic rings. The summed E-state index contributed by atoms with van der Waals surface area (Å²) >= 11 is 1.58. The number of alkyl halides is 3. The summed E-state index contributed by atoms with van der Waals surface area (Å²) in [6.45, 7) is -0.329. The van der Waals surface area contributed by atoms with Gasteiger partial charge in [0.25, 0.3) is 0 Å². The van der Waals surface area contributed by atoms with Crippen molar-refractivity contribution < 1.29 is 22.4 Å². The molecule has 0 fully saturated rings. The highest BCUT2D eigenvalue weighted by Gasteiger charge is 2.33. The lowest BCUT2D eigenvalue weighted by Crippen LogP contribution is -2.33. The quantitative estimate of drug-likeness (QED) is 0.855. The molecule has 1 N–H and O–H groups in total. The molecule has 1 aliphatic heterocycles. The Hall–Kier alpha value is -2.03. The van der Waals surface area contributed by atoms with E-state index >= 15 is 0 Å². The molecule has 9 heteroatoms.